The first-order chi connectivity index (χ1) is 11.2. The number of para-hydroxylation sites is 1. The standard InChI is InChI=1S/C18H28N2O3S/c1-5-20(15-9-10-24(22,23)12-15)11-17(21)19-18-14(4)7-6-8-16(18)13(2)3/h6-8,13,15H,5,9-12H2,1-4H3,(H,19,21). The number of carbonyl (C=O) groups excluding carboxylic acids is 1. The topological polar surface area (TPSA) is 66.5 Å². The van der Waals surface area contributed by atoms with E-state index in [0.29, 0.717) is 18.9 Å². The van der Waals surface area contributed by atoms with Gasteiger partial charge in [-0.25, -0.2) is 8.42 Å². The largest absolute Gasteiger partial charge is 0.324 e. The van der Waals surface area contributed by atoms with E-state index in [2.05, 4.69) is 19.2 Å². The van der Waals surface area contributed by atoms with Crippen molar-refractivity contribution in [1.29, 1.82) is 0 Å². The van der Waals surface area contributed by atoms with Crippen molar-refractivity contribution in [2.24, 2.45) is 0 Å². The van der Waals surface area contributed by atoms with Gasteiger partial charge >= 0.3 is 0 Å². The molecular weight excluding hydrogens is 324 g/mol. The summed E-state index contributed by atoms with van der Waals surface area (Å²) in [6.45, 7) is 9.05. The number of nitrogens with zero attached hydrogens (tertiary/aromatic N) is 1. The van der Waals surface area contributed by atoms with Crippen molar-refractivity contribution in [3.05, 3.63) is 29.3 Å². The number of likely N-dealkylation sites (N-methyl/N-ethyl adjacent to an activating group) is 1. The lowest BCUT2D eigenvalue weighted by Crippen LogP contribution is -2.41. The van der Waals surface area contributed by atoms with Crippen LogP contribution in [0.15, 0.2) is 18.2 Å². The van der Waals surface area contributed by atoms with Gasteiger partial charge in [0.2, 0.25) is 5.91 Å². The van der Waals surface area contributed by atoms with Gasteiger partial charge in [0.25, 0.3) is 0 Å². The summed E-state index contributed by atoms with van der Waals surface area (Å²) in [6.07, 6.45) is 0.616. The molecule has 1 heterocycles. The molecule has 0 aliphatic carbocycles. The second-order valence-electron chi connectivity index (χ2n) is 6.86. The number of nitrogens with one attached hydrogen (secondary N) is 1. The Balaban J connectivity index is 2.08. The monoisotopic (exact) mass is 352 g/mol. The normalized spacial score (nSPS) is 19.8. The number of benzene rings is 1. The van der Waals surface area contributed by atoms with Crippen molar-refractivity contribution in [3.63, 3.8) is 0 Å². The van der Waals surface area contributed by atoms with Gasteiger partial charge in [0.15, 0.2) is 9.84 Å². The molecule has 1 N–H and O–H groups in total. The lowest BCUT2D eigenvalue weighted by atomic mass is 9.98. The lowest BCUT2D eigenvalue weighted by Gasteiger charge is -2.26. The Bertz CT molecular complexity index is 698. The highest BCUT2D eigenvalue weighted by molar-refractivity contribution is 7.91. The van der Waals surface area contributed by atoms with E-state index < -0.39 is 9.84 Å². The maximum absolute atomic E-state index is 12.5. The molecule has 6 heteroatoms. The average molecular weight is 353 g/mol. The van der Waals surface area contributed by atoms with E-state index in [1.165, 1.54) is 0 Å². The number of aryl methyl sites for hydroxylation is 1. The van der Waals surface area contributed by atoms with Crippen LogP contribution in [0, 0.1) is 6.92 Å². The molecule has 1 aromatic carbocycles. The summed E-state index contributed by atoms with van der Waals surface area (Å²) in [5.41, 5.74) is 3.04. The molecule has 1 atom stereocenters. The predicted octanol–water partition coefficient (Wildman–Crippen LogP) is 2.57. The van der Waals surface area contributed by atoms with Crippen molar-refractivity contribution in [2.75, 3.05) is 29.9 Å². The van der Waals surface area contributed by atoms with Gasteiger partial charge in [-0.1, -0.05) is 39.0 Å². The van der Waals surface area contributed by atoms with E-state index in [1.54, 1.807) is 0 Å². The van der Waals surface area contributed by atoms with E-state index in [0.717, 1.165) is 16.8 Å². The van der Waals surface area contributed by atoms with Gasteiger partial charge in [-0.3, -0.25) is 9.69 Å². The van der Waals surface area contributed by atoms with Crippen molar-refractivity contribution in [1.82, 2.24) is 4.90 Å². The molecule has 1 amide bonds. The summed E-state index contributed by atoms with van der Waals surface area (Å²) in [5, 5.41) is 3.04. The highest BCUT2D eigenvalue weighted by Crippen LogP contribution is 2.27. The summed E-state index contributed by atoms with van der Waals surface area (Å²) in [6, 6.07) is 5.98. The molecule has 0 saturated carbocycles. The molecule has 2 rings (SSSR count). The SMILES string of the molecule is CCN(CC(=O)Nc1c(C)cccc1C(C)C)C1CCS(=O)(=O)C1. The van der Waals surface area contributed by atoms with Crippen molar-refractivity contribution in [3.8, 4) is 0 Å². The molecule has 1 saturated heterocycles. The third-order valence-electron chi connectivity index (χ3n) is 4.67. The zero-order valence-electron chi connectivity index (χ0n) is 15.0. The summed E-state index contributed by atoms with van der Waals surface area (Å²) in [7, 11) is -2.94. The minimum atomic E-state index is -2.94. The number of rotatable bonds is 6. The number of anilines is 1. The molecule has 1 unspecified atom stereocenters. The van der Waals surface area contributed by atoms with Crippen LogP contribution in [0.2, 0.25) is 0 Å². The molecular formula is C18H28N2O3S. The Morgan fingerprint density at radius 3 is 2.62 bits per heavy atom. The molecule has 24 heavy (non-hydrogen) atoms. The van der Waals surface area contributed by atoms with Crippen molar-refractivity contribution in [2.45, 2.75) is 46.1 Å². The second-order valence-corrected chi connectivity index (χ2v) is 9.09. The van der Waals surface area contributed by atoms with Crippen LogP contribution in [0.3, 0.4) is 0 Å². The lowest BCUT2D eigenvalue weighted by molar-refractivity contribution is -0.117. The van der Waals surface area contributed by atoms with Crippen molar-refractivity contribution < 1.29 is 13.2 Å². The molecule has 1 aromatic rings. The first-order valence-electron chi connectivity index (χ1n) is 8.57. The smallest absolute Gasteiger partial charge is 0.238 e. The third kappa shape index (κ3) is 4.57. The van der Waals surface area contributed by atoms with Crippen LogP contribution >= 0.6 is 0 Å². The third-order valence-corrected chi connectivity index (χ3v) is 6.42. The molecule has 0 bridgehead atoms. The van der Waals surface area contributed by atoms with E-state index in [9.17, 15) is 13.2 Å². The first kappa shape index (κ1) is 18.9. The Kier molecular flexibility index (Phi) is 6.04. The fourth-order valence-corrected chi connectivity index (χ4v) is 5.03. The highest BCUT2D eigenvalue weighted by atomic mass is 32.2. The van der Waals surface area contributed by atoms with Crippen molar-refractivity contribution >= 4 is 21.4 Å². The number of carbonyl (C=O) groups is 1. The number of amides is 1. The minimum Gasteiger partial charge on any atom is -0.324 e. The fraction of sp³-hybridized carbons (Fsp3) is 0.611. The molecule has 0 radical (unpaired) electrons. The van der Waals surface area contributed by atoms with Crippen LogP contribution in [-0.4, -0.2) is 49.9 Å². The Hall–Kier alpha value is -1.40. The van der Waals surface area contributed by atoms with E-state index in [-0.39, 0.29) is 30.0 Å². The number of hydrogen-bond acceptors (Lipinski definition) is 4. The molecule has 0 spiro atoms. The summed E-state index contributed by atoms with van der Waals surface area (Å²) >= 11 is 0. The maximum atomic E-state index is 12.5. The maximum Gasteiger partial charge on any atom is 0.238 e. The van der Waals surface area contributed by atoms with E-state index >= 15 is 0 Å². The van der Waals surface area contributed by atoms with Crippen LogP contribution in [0.1, 0.15) is 44.2 Å². The highest BCUT2D eigenvalue weighted by Gasteiger charge is 2.32. The molecule has 1 aliphatic rings. The Morgan fingerprint density at radius 1 is 1.38 bits per heavy atom. The minimum absolute atomic E-state index is 0.0489. The number of hydrogen-bond donors (Lipinski definition) is 1. The van der Waals surface area contributed by atoms with Crippen LogP contribution in [0.25, 0.3) is 0 Å². The fourth-order valence-electron chi connectivity index (χ4n) is 3.27. The van der Waals surface area contributed by atoms with Crippen LogP contribution in [-0.2, 0) is 14.6 Å². The Morgan fingerprint density at radius 2 is 2.08 bits per heavy atom. The van der Waals surface area contributed by atoms with Gasteiger partial charge in [-0.2, -0.15) is 0 Å². The van der Waals surface area contributed by atoms with Gasteiger partial charge in [-0.05, 0) is 36.9 Å². The zero-order valence-corrected chi connectivity index (χ0v) is 15.8. The summed E-state index contributed by atoms with van der Waals surface area (Å²) in [4.78, 5) is 14.5. The van der Waals surface area contributed by atoms with Crippen LogP contribution in [0.4, 0.5) is 5.69 Å². The Labute approximate surface area is 145 Å². The molecule has 0 aromatic heterocycles. The quantitative estimate of drug-likeness (QED) is 0.854. The first-order valence-corrected chi connectivity index (χ1v) is 10.4. The molecule has 1 aliphatic heterocycles. The molecule has 1 fully saturated rings. The molecule has 134 valence electrons. The summed E-state index contributed by atoms with van der Waals surface area (Å²) in [5.74, 6) is 0.626. The second kappa shape index (κ2) is 7.66. The van der Waals surface area contributed by atoms with Gasteiger partial charge in [0.05, 0.1) is 18.1 Å². The van der Waals surface area contributed by atoms with E-state index in [4.69, 9.17) is 0 Å². The van der Waals surface area contributed by atoms with E-state index in [1.807, 2.05) is 36.9 Å². The average Bonchev–Trinajstić information content (AvgIpc) is 2.86. The zero-order chi connectivity index (χ0) is 17.9. The van der Waals surface area contributed by atoms with Gasteiger partial charge in [-0.15, -0.1) is 0 Å². The predicted molar refractivity (Wildman–Crippen MR) is 98.2 cm³/mol. The number of sulfone groups is 1. The summed E-state index contributed by atoms with van der Waals surface area (Å²) < 4.78 is 23.4. The van der Waals surface area contributed by atoms with Gasteiger partial charge in [0, 0.05) is 11.7 Å². The van der Waals surface area contributed by atoms with Crippen LogP contribution in [0.5, 0.6) is 0 Å². The molecule has 5 nitrogen and oxygen atoms in total. The van der Waals surface area contributed by atoms with Gasteiger partial charge < -0.3 is 5.32 Å². The van der Waals surface area contributed by atoms with Gasteiger partial charge in [0.1, 0.15) is 0 Å². The van der Waals surface area contributed by atoms with Crippen LogP contribution < -0.4 is 5.32 Å².